The van der Waals surface area contributed by atoms with Crippen molar-refractivity contribution in [2.75, 3.05) is 20.3 Å². The highest BCUT2D eigenvalue weighted by molar-refractivity contribution is 7.90. The number of hydrogen-bond acceptors (Lipinski definition) is 5. The summed E-state index contributed by atoms with van der Waals surface area (Å²) in [5.74, 6) is -0.191. The molecule has 0 spiro atoms. The number of methoxy groups -OCH3 is 1. The molecule has 0 bridgehead atoms. The molecule has 0 fully saturated rings. The van der Waals surface area contributed by atoms with Gasteiger partial charge in [0.05, 0.1) is 30.8 Å². The van der Waals surface area contributed by atoms with E-state index in [9.17, 15) is 13.2 Å². The first-order valence-corrected chi connectivity index (χ1v) is 12.4. The average Bonchev–Trinajstić information content (AvgIpc) is 3.06. The summed E-state index contributed by atoms with van der Waals surface area (Å²) < 4.78 is 33.3. The lowest BCUT2D eigenvalue weighted by molar-refractivity contribution is -0.135. The Balaban J connectivity index is 2.40. The van der Waals surface area contributed by atoms with Crippen LogP contribution in [0.2, 0.25) is 5.02 Å². The Morgan fingerprint density at radius 1 is 1.26 bits per heavy atom. The summed E-state index contributed by atoms with van der Waals surface area (Å²) in [6.45, 7) is 9.28. The van der Waals surface area contributed by atoms with Crippen LogP contribution >= 0.6 is 11.6 Å². The van der Waals surface area contributed by atoms with Gasteiger partial charge in [-0.25, -0.2) is 13.4 Å². The zero-order valence-corrected chi connectivity index (χ0v) is 20.4. The van der Waals surface area contributed by atoms with Crippen molar-refractivity contribution in [2.24, 2.45) is 11.8 Å². The molecule has 1 aromatic heterocycles. The predicted molar refractivity (Wildman–Crippen MR) is 122 cm³/mol. The van der Waals surface area contributed by atoms with Crippen LogP contribution < -0.4 is 0 Å². The lowest BCUT2D eigenvalue weighted by Gasteiger charge is -2.25. The fraction of sp³-hybridized carbons (Fsp3) is 0.545. The standard InChI is InChI=1S/C22H32ClN3O4S/c1-16(2)13-26-20(14-25(9-10-30-5)21(27)17(3)4)12-24-22(26)31(28,29)15-18-7-6-8-19(23)11-18/h6-8,11-12,16-17H,9-10,13-15H2,1-5H3. The fourth-order valence-electron chi connectivity index (χ4n) is 3.27. The molecule has 1 heterocycles. The van der Waals surface area contributed by atoms with E-state index < -0.39 is 9.84 Å². The van der Waals surface area contributed by atoms with Crippen molar-refractivity contribution >= 4 is 27.3 Å². The van der Waals surface area contributed by atoms with Gasteiger partial charge in [-0.15, -0.1) is 0 Å². The fourth-order valence-corrected chi connectivity index (χ4v) is 4.97. The van der Waals surface area contributed by atoms with E-state index in [4.69, 9.17) is 16.3 Å². The van der Waals surface area contributed by atoms with Crippen LogP contribution in [0, 0.1) is 11.8 Å². The van der Waals surface area contributed by atoms with Crippen molar-refractivity contribution in [3.63, 3.8) is 0 Å². The number of hydrogen-bond donors (Lipinski definition) is 0. The highest BCUT2D eigenvalue weighted by Gasteiger charge is 2.26. The molecule has 0 unspecified atom stereocenters. The molecule has 0 atom stereocenters. The summed E-state index contributed by atoms with van der Waals surface area (Å²) in [4.78, 5) is 18.6. The maximum atomic E-state index is 13.2. The van der Waals surface area contributed by atoms with Crippen LogP contribution in [-0.2, 0) is 38.2 Å². The number of carbonyl (C=O) groups excluding carboxylic acids is 1. The minimum atomic E-state index is -3.71. The summed E-state index contributed by atoms with van der Waals surface area (Å²) in [7, 11) is -2.12. The van der Waals surface area contributed by atoms with E-state index in [0.717, 1.165) is 0 Å². The van der Waals surface area contributed by atoms with Crippen molar-refractivity contribution in [1.29, 1.82) is 0 Å². The van der Waals surface area contributed by atoms with Crippen LogP contribution in [0.1, 0.15) is 39.0 Å². The van der Waals surface area contributed by atoms with Crippen molar-refractivity contribution in [2.45, 2.75) is 51.7 Å². The molecule has 0 radical (unpaired) electrons. The smallest absolute Gasteiger partial charge is 0.228 e. The Morgan fingerprint density at radius 2 is 1.97 bits per heavy atom. The van der Waals surface area contributed by atoms with Crippen molar-refractivity contribution in [1.82, 2.24) is 14.5 Å². The zero-order valence-electron chi connectivity index (χ0n) is 18.8. The SMILES string of the molecule is COCCN(Cc1cnc(S(=O)(=O)Cc2cccc(Cl)c2)n1CC(C)C)C(=O)C(C)C. The van der Waals surface area contributed by atoms with Crippen LogP contribution in [0.4, 0.5) is 0 Å². The molecule has 0 saturated carbocycles. The molecular weight excluding hydrogens is 438 g/mol. The van der Waals surface area contributed by atoms with Gasteiger partial charge in [0.15, 0.2) is 0 Å². The van der Waals surface area contributed by atoms with Crippen LogP contribution in [-0.4, -0.2) is 49.0 Å². The number of sulfone groups is 1. The van der Waals surface area contributed by atoms with Gasteiger partial charge in [-0.3, -0.25) is 4.79 Å². The topological polar surface area (TPSA) is 81.5 Å². The van der Waals surface area contributed by atoms with E-state index in [1.165, 1.54) is 0 Å². The maximum absolute atomic E-state index is 13.2. The Morgan fingerprint density at radius 3 is 2.55 bits per heavy atom. The van der Waals surface area contributed by atoms with Crippen molar-refractivity contribution in [3.8, 4) is 0 Å². The number of benzene rings is 1. The first-order chi connectivity index (χ1) is 14.5. The van der Waals surface area contributed by atoms with Gasteiger partial charge in [0.2, 0.25) is 20.9 Å². The van der Waals surface area contributed by atoms with Gasteiger partial charge < -0.3 is 14.2 Å². The van der Waals surface area contributed by atoms with E-state index in [1.807, 2.05) is 27.7 Å². The molecule has 0 saturated heterocycles. The largest absolute Gasteiger partial charge is 0.383 e. The summed E-state index contributed by atoms with van der Waals surface area (Å²) in [6, 6.07) is 6.80. The molecule has 172 valence electrons. The first-order valence-electron chi connectivity index (χ1n) is 10.3. The van der Waals surface area contributed by atoms with E-state index in [1.54, 1.807) is 47.0 Å². The molecule has 2 aromatic rings. The molecule has 2 rings (SSSR count). The quantitative estimate of drug-likeness (QED) is 0.500. The number of rotatable bonds is 11. The van der Waals surface area contributed by atoms with Gasteiger partial charge in [0, 0.05) is 31.1 Å². The van der Waals surface area contributed by atoms with Crippen LogP contribution in [0.5, 0.6) is 0 Å². The van der Waals surface area contributed by atoms with Crippen molar-refractivity contribution in [3.05, 3.63) is 46.7 Å². The molecule has 7 nitrogen and oxygen atoms in total. The minimum absolute atomic E-state index is 0.0138. The number of carbonyl (C=O) groups is 1. The summed E-state index contributed by atoms with van der Waals surface area (Å²) in [5, 5.41) is 0.500. The second-order valence-electron chi connectivity index (χ2n) is 8.33. The third kappa shape index (κ3) is 7.05. The number of aromatic nitrogens is 2. The second-order valence-corrected chi connectivity index (χ2v) is 10.7. The predicted octanol–water partition coefficient (Wildman–Crippen LogP) is 3.80. The zero-order chi connectivity index (χ0) is 23.2. The number of halogens is 1. The summed E-state index contributed by atoms with van der Waals surface area (Å²) in [6.07, 6.45) is 1.56. The molecular formula is C22H32ClN3O4S. The number of nitrogens with zero attached hydrogens (tertiary/aromatic N) is 3. The molecule has 1 aromatic carbocycles. The van der Waals surface area contributed by atoms with Gasteiger partial charge in [-0.1, -0.05) is 51.4 Å². The van der Waals surface area contributed by atoms with E-state index >= 15 is 0 Å². The lowest BCUT2D eigenvalue weighted by atomic mass is 10.2. The second kappa shape index (κ2) is 11.1. The third-order valence-corrected chi connectivity index (χ3v) is 6.53. The van der Waals surface area contributed by atoms with Crippen LogP contribution in [0.15, 0.2) is 35.6 Å². The Hall–Kier alpha value is -1.90. The molecule has 9 heteroatoms. The highest BCUT2D eigenvalue weighted by Crippen LogP contribution is 2.22. The molecule has 31 heavy (non-hydrogen) atoms. The number of imidazole rings is 1. The van der Waals surface area contributed by atoms with Gasteiger partial charge in [-0.2, -0.15) is 0 Å². The number of amides is 1. The van der Waals surface area contributed by atoms with Gasteiger partial charge in [-0.05, 0) is 23.6 Å². The maximum Gasteiger partial charge on any atom is 0.228 e. The van der Waals surface area contributed by atoms with Crippen molar-refractivity contribution < 1.29 is 17.9 Å². The normalized spacial score (nSPS) is 12.0. The molecule has 1 amide bonds. The van der Waals surface area contributed by atoms with Crippen LogP contribution in [0.3, 0.4) is 0 Å². The minimum Gasteiger partial charge on any atom is -0.383 e. The van der Waals surface area contributed by atoms with Gasteiger partial charge >= 0.3 is 0 Å². The Kier molecular flexibility index (Phi) is 9.09. The molecule has 0 aliphatic heterocycles. The Labute approximate surface area is 190 Å². The Bertz CT molecular complexity index is 986. The van der Waals surface area contributed by atoms with E-state index in [0.29, 0.717) is 36.0 Å². The van der Waals surface area contributed by atoms with Gasteiger partial charge in [0.1, 0.15) is 0 Å². The van der Waals surface area contributed by atoms with E-state index in [-0.39, 0.29) is 35.2 Å². The highest BCUT2D eigenvalue weighted by atomic mass is 35.5. The number of ether oxygens (including phenoxy) is 1. The van der Waals surface area contributed by atoms with Crippen LogP contribution in [0.25, 0.3) is 0 Å². The summed E-state index contributed by atoms with van der Waals surface area (Å²) in [5.41, 5.74) is 1.29. The molecule has 0 N–H and O–H groups in total. The van der Waals surface area contributed by atoms with Gasteiger partial charge in [0.25, 0.3) is 0 Å². The lowest BCUT2D eigenvalue weighted by Crippen LogP contribution is -2.37. The monoisotopic (exact) mass is 469 g/mol. The molecule has 0 aliphatic carbocycles. The average molecular weight is 470 g/mol. The third-order valence-electron chi connectivity index (χ3n) is 4.70. The van der Waals surface area contributed by atoms with E-state index in [2.05, 4.69) is 4.98 Å². The molecule has 0 aliphatic rings. The first kappa shape index (κ1) is 25.4. The summed E-state index contributed by atoms with van der Waals surface area (Å²) >= 11 is 6.01.